The van der Waals surface area contributed by atoms with Gasteiger partial charge in [-0.2, -0.15) is 11.8 Å². The van der Waals surface area contributed by atoms with E-state index in [1.165, 1.54) is 36.1 Å². The molecular weight excluding hydrogens is 288 g/mol. The normalized spacial score (nSPS) is 11.3. The van der Waals surface area contributed by atoms with Crippen LogP contribution in [-0.2, 0) is 13.0 Å². The van der Waals surface area contributed by atoms with Gasteiger partial charge in [0.25, 0.3) is 0 Å². The summed E-state index contributed by atoms with van der Waals surface area (Å²) in [5.74, 6) is 3.03. The topological polar surface area (TPSA) is 17.8 Å². The average molecular weight is 311 g/mol. The van der Waals surface area contributed by atoms with Crippen LogP contribution in [0.15, 0.2) is 18.2 Å². The monoisotopic (exact) mass is 310 g/mol. The molecule has 0 fully saturated rings. The van der Waals surface area contributed by atoms with Gasteiger partial charge in [-0.3, -0.25) is 0 Å². The summed E-state index contributed by atoms with van der Waals surface area (Å²) in [5.41, 5.74) is 3.70. The molecule has 0 saturated carbocycles. The van der Waals surface area contributed by atoms with Crippen LogP contribution in [0.2, 0.25) is 0 Å². The third-order valence-corrected chi connectivity index (χ3v) is 4.48. The molecule has 2 rings (SSSR count). The van der Waals surface area contributed by atoms with E-state index in [2.05, 4.69) is 35.9 Å². The molecule has 0 aliphatic heterocycles. The second-order valence-electron chi connectivity index (χ2n) is 5.11. The highest BCUT2D eigenvalue weighted by Crippen LogP contribution is 2.21. The molecule has 0 spiro atoms. The minimum atomic E-state index is 0.634. The molecule has 1 heterocycles. The molecule has 4 heteroatoms. The van der Waals surface area contributed by atoms with Crippen molar-refractivity contribution in [3.05, 3.63) is 29.6 Å². The Bertz CT molecular complexity index is 551. The molecule has 0 atom stereocenters. The van der Waals surface area contributed by atoms with E-state index in [1.807, 2.05) is 11.8 Å². The van der Waals surface area contributed by atoms with E-state index < -0.39 is 0 Å². The van der Waals surface area contributed by atoms with Gasteiger partial charge in [0.15, 0.2) is 0 Å². The maximum atomic E-state index is 5.92. The molecule has 0 bridgehead atoms. The van der Waals surface area contributed by atoms with Gasteiger partial charge in [0.1, 0.15) is 5.82 Å². The van der Waals surface area contributed by atoms with Crippen molar-refractivity contribution >= 4 is 34.4 Å². The number of hydrogen-bond donors (Lipinski definition) is 0. The van der Waals surface area contributed by atoms with Gasteiger partial charge in [-0.05, 0) is 43.4 Å². The van der Waals surface area contributed by atoms with Crippen LogP contribution >= 0.6 is 23.4 Å². The minimum Gasteiger partial charge on any atom is -0.328 e. The molecule has 20 heavy (non-hydrogen) atoms. The summed E-state index contributed by atoms with van der Waals surface area (Å²) in [7, 11) is 0. The van der Waals surface area contributed by atoms with Gasteiger partial charge in [-0.25, -0.2) is 4.98 Å². The number of unbranched alkanes of at least 4 members (excludes halogenated alkanes) is 2. The van der Waals surface area contributed by atoms with Gasteiger partial charge >= 0.3 is 0 Å². The van der Waals surface area contributed by atoms with Crippen molar-refractivity contribution in [3.63, 3.8) is 0 Å². The zero-order chi connectivity index (χ0) is 14.4. The highest BCUT2D eigenvalue weighted by atomic mass is 35.5. The Morgan fingerprint density at radius 3 is 2.85 bits per heavy atom. The Labute approximate surface area is 130 Å². The quantitative estimate of drug-likeness (QED) is 0.521. The van der Waals surface area contributed by atoms with E-state index in [1.54, 1.807) is 0 Å². The molecule has 0 radical (unpaired) electrons. The van der Waals surface area contributed by atoms with Crippen LogP contribution in [0.3, 0.4) is 0 Å². The number of alkyl halides is 1. The van der Waals surface area contributed by atoms with Crippen LogP contribution in [0, 0.1) is 6.92 Å². The number of hydrogen-bond acceptors (Lipinski definition) is 2. The van der Waals surface area contributed by atoms with Crippen molar-refractivity contribution in [3.8, 4) is 0 Å². The summed E-state index contributed by atoms with van der Waals surface area (Å²) in [4.78, 5) is 4.75. The molecule has 1 aromatic heterocycles. The van der Waals surface area contributed by atoms with E-state index >= 15 is 0 Å². The van der Waals surface area contributed by atoms with E-state index in [4.69, 9.17) is 16.6 Å². The largest absolute Gasteiger partial charge is 0.328 e. The lowest BCUT2D eigenvalue weighted by Crippen LogP contribution is -2.05. The van der Waals surface area contributed by atoms with E-state index in [0.717, 1.165) is 24.3 Å². The number of thioether (sulfide) groups is 1. The Kier molecular flexibility index (Phi) is 6.24. The van der Waals surface area contributed by atoms with Crippen molar-refractivity contribution in [1.82, 2.24) is 9.55 Å². The number of rotatable bonds is 8. The Balaban J connectivity index is 2.17. The standard InChI is InChI=1S/C16H23ClN2S/c1-13-7-6-8-14-16(13)19(15(18-14)9-10-17)11-4-3-5-12-20-2/h6-8H,3-5,9-12H2,1-2H3. The first-order chi connectivity index (χ1) is 9.77. The van der Waals surface area contributed by atoms with E-state index in [9.17, 15) is 0 Å². The van der Waals surface area contributed by atoms with Gasteiger partial charge in [0.05, 0.1) is 11.0 Å². The van der Waals surface area contributed by atoms with Crippen molar-refractivity contribution < 1.29 is 0 Å². The fraction of sp³-hybridized carbons (Fsp3) is 0.562. The number of nitrogens with zero attached hydrogens (tertiary/aromatic N) is 2. The predicted octanol–water partition coefficient (Wildman–Crippen LogP) is 4.66. The van der Waals surface area contributed by atoms with Crippen LogP contribution < -0.4 is 0 Å². The molecule has 0 aliphatic rings. The Morgan fingerprint density at radius 2 is 2.10 bits per heavy atom. The SMILES string of the molecule is CSCCCCCn1c(CCCl)nc2cccc(C)c21. The highest BCUT2D eigenvalue weighted by molar-refractivity contribution is 7.98. The summed E-state index contributed by atoms with van der Waals surface area (Å²) in [6.45, 7) is 3.22. The number of halogens is 1. The molecular formula is C16H23ClN2S. The third-order valence-electron chi connectivity index (χ3n) is 3.60. The molecule has 0 saturated heterocycles. The fourth-order valence-electron chi connectivity index (χ4n) is 2.62. The Hall–Kier alpha value is -0.670. The molecule has 0 unspecified atom stereocenters. The summed E-state index contributed by atoms with van der Waals surface area (Å²) >= 11 is 7.85. The van der Waals surface area contributed by atoms with Crippen molar-refractivity contribution in [2.45, 2.75) is 39.2 Å². The van der Waals surface area contributed by atoms with E-state index in [-0.39, 0.29) is 0 Å². The minimum absolute atomic E-state index is 0.634. The lowest BCUT2D eigenvalue weighted by Gasteiger charge is -2.10. The third kappa shape index (κ3) is 3.70. The zero-order valence-electron chi connectivity index (χ0n) is 12.4. The average Bonchev–Trinajstić information content (AvgIpc) is 2.78. The number of benzene rings is 1. The van der Waals surface area contributed by atoms with Crippen LogP contribution in [0.1, 0.15) is 30.7 Å². The molecule has 0 aliphatic carbocycles. The first-order valence-electron chi connectivity index (χ1n) is 7.27. The highest BCUT2D eigenvalue weighted by Gasteiger charge is 2.11. The van der Waals surface area contributed by atoms with Gasteiger partial charge < -0.3 is 4.57 Å². The molecule has 2 aromatic rings. The second-order valence-corrected chi connectivity index (χ2v) is 6.48. The number of aryl methyl sites for hydroxylation is 3. The number of fused-ring (bicyclic) bond motifs is 1. The van der Waals surface area contributed by atoms with Crippen molar-refractivity contribution in [2.24, 2.45) is 0 Å². The summed E-state index contributed by atoms with van der Waals surface area (Å²) in [6.07, 6.45) is 6.83. The van der Waals surface area contributed by atoms with Crippen LogP contribution in [-0.4, -0.2) is 27.4 Å². The lowest BCUT2D eigenvalue weighted by molar-refractivity contribution is 0.595. The van der Waals surface area contributed by atoms with Crippen LogP contribution in [0.5, 0.6) is 0 Å². The van der Waals surface area contributed by atoms with Gasteiger partial charge in [-0.1, -0.05) is 18.6 Å². The van der Waals surface area contributed by atoms with Crippen LogP contribution in [0.4, 0.5) is 0 Å². The smallest absolute Gasteiger partial charge is 0.111 e. The first kappa shape index (κ1) is 15.7. The van der Waals surface area contributed by atoms with Crippen LogP contribution in [0.25, 0.3) is 11.0 Å². The van der Waals surface area contributed by atoms with Crippen molar-refractivity contribution in [2.75, 3.05) is 17.9 Å². The van der Waals surface area contributed by atoms with E-state index in [0.29, 0.717) is 5.88 Å². The molecule has 0 amide bonds. The fourth-order valence-corrected chi connectivity index (χ4v) is 3.28. The number of para-hydroxylation sites is 1. The van der Waals surface area contributed by atoms with Crippen molar-refractivity contribution in [1.29, 1.82) is 0 Å². The van der Waals surface area contributed by atoms with Gasteiger partial charge in [0.2, 0.25) is 0 Å². The number of imidazole rings is 1. The Morgan fingerprint density at radius 1 is 1.25 bits per heavy atom. The maximum Gasteiger partial charge on any atom is 0.111 e. The molecule has 2 nitrogen and oxygen atoms in total. The van der Waals surface area contributed by atoms with Gasteiger partial charge in [0, 0.05) is 18.8 Å². The summed E-state index contributed by atoms with van der Waals surface area (Å²) in [5, 5.41) is 0. The summed E-state index contributed by atoms with van der Waals surface area (Å²) in [6, 6.07) is 6.35. The number of aromatic nitrogens is 2. The first-order valence-corrected chi connectivity index (χ1v) is 9.20. The molecule has 1 aromatic carbocycles. The lowest BCUT2D eigenvalue weighted by atomic mass is 10.2. The zero-order valence-corrected chi connectivity index (χ0v) is 13.9. The summed E-state index contributed by atoms with van der Waals surface area (Å²) < 4.78 is 2.38. The maximum absolute atomic E-state index is 5.92. The molecule has 0 N–H and O–H groups in total. The predicted molar refractivity (Wildman–Crippen MR) is 91.1 cm³/mol. The second kappa shape index (κ2) is 7.94. The molecule has 110 valence electrons. The van der Waals surface area contributed by atoms with Gasteiger partial charge in [-0.15, -0.1) is 11.6 Å².